The van der Waals surface area contributed by atoms with E-state index in [9.17, 15) is 33.9 Å². The van der Waals surface area contributed by atoms with Gasteiger partial charge in [0.15, 0.2) is 23.1 Å². The van der Waals surface area contributed by atoms with Crippen LogP contribution in [0.15, 0.2) is 85.2 Å². The van der Waals surface area contributed by atoms with Crippen molar-refractivity contribution in [3.8, 4) is 22.5 Å². The summed E-state index contributed by atoms with van der Waals surface area (Å²) in [5.74, 6) is 11.9. The van der Waals surface area contributed by atoms with Gasteiger partial charge in [-0.2, -0.15) is 0 Å². The standard InChI is InChI=1S/C27H32N6O4.C26H30N6O5.Li.H2O/c1-16-8-13-21(29-15-16)30-25(35)19-11-9-18(10-12-19)22-23(17(2)34)33(28)24(31-22)20-7-6-14-32(20)26(36)37-27(3,4)5;1-15-7-12-19(28-14-15)29-23(33)17-10-8-16(9-11-17)20-21(24(34)35)32(27)22(30-20)18-6-5-13-31(18)25(36)37-26(2,3)4;;/h8-13,15,20H,6-7,14,28H2,1-5H3,(H,29,30,35);7-12,14,18H,5-6,13,27H2,1-4H3,(H,34,35)(H,28,29,33);;1H2/q;;+1;/p-1/t20-;18-;;/m00../s1. The van der Waals surface area contributed by atoms with Crippen LogP contribution in [-0.4, -0.2) is 110 Å². The number of aromatic nitrogens is 6. The maximum Gasteiger partial charge on any atom is 1.00 e. The van der Waals surface area contributed by atoms with E-state index in [1.165, 1.54) is 16.5 Å². The molecule has 396 valence electrons. The Morgan fingerprint density at radius 1 is 0.605 bits per heavy atom. The van der Waals surface area contributed by atoms with Crippen LogP contribution in [0.2, 0.25) is 0 Å². The predicted molar refractivity (Wildman–Crippen MR) is 278 cm³/mol. The second kappa shape index (κ2) is 24.1. The summed E-state index contributed by atoms with van der Waals surface area (Å²) in [6.07, 6.45) is 5.07. The fourth-order valence-electron chi connectivity index (χ4n) is 8.48. The number of Topliss-reactive ketones (excluding diaryl/α,β-unsaturated/α-hetero) is 1. The quantitative estimate of drug-likeness (QED) is 0.0659. The molecule has 0 unspecified atom stereocenters. The van der Waals surface area contributed by atoms with Gasteiger partial charge in [-0.15, -0.1) is 0 Å². The Kier molecular flexibility index (Phi) is 18.6. The van der Waals surface area contributed by atoms with Gasteiger partial charge in [-0.25, -0.2) is 43.7 Å². The van der Waals surface area contributed by atoms with Crippen LogP contribution in [0, 0.1) is 13.8 Å². The number of nitrogens with one attached hydrogen (secondary N) is 2. The number of amides is 4. The first kappa shape index (κ1) is 58.8. The molecule has 8 rings (SSSR count). The Balaban J connectivity index is 0.000000274. The third-order valence-corrected chi connectivity index (χ3v) is 11.9. The number of benzene rings is 2. The minimum absolute atomic E-state index is 0. The molecule has 0 aliphatic carbocycles. The summed E-state index contributed by atoms with van der Waals surface area (Å²) < 4.78 is 13.4. The van der Waals surface area contributed by atoms with Crippen molar-refractivity contribution < 1.29 is 67.7 Å². The fraction of sp³-hybridized carbons (Fsp3) is 0.358. The van der Waals surface area contributed by atoms with Crippen LogP contribution in [0.4, 0.5) is 21.2 Å². The van der Waals surface area contributed by atoms with Crippen LogP contribution < -0.4 is 41.2 Å². The zero-order chi connectivity index (χ0) is 53.8. The molecule has 0 radical (unpaired) electrons. The van der Waals surface area contributed by atoms with E-state index >= 15 is 0 Å². The first-order chi connectivity index (χ1) is 34.9. The van der Waals surface area contributed by atoms with E-state index in [1.807, 2.05) is 46.8 Å². The number of carboxylic acids is 1. The molecular weight excluding hydrogens is 972 g/mol. The van der Waals surface area contributed by atoms with Crippen molar-refractivity contribution in [1.29, 1.82) is 0 Å². The predicted octanol–water partition coefficient (Wildman–Crippen LogP) is 5.31. The average molecular weight is 1040 g/mol. The van der Waals surface area contributed by atoms with Gasteiger partial charge < -0.3 is 42.4 Å². The van der Waals surface area contributed by atoms with Crippen LogP contribution in [0.1, 0.15) is 151 Å². The van der Waals surface area contributed by atoms with E-state index < -0.39 is 41.4 Å². The summed E-state index contributed by atoms with van der Waals surface area (Å²) >= 11 is 0. The van der Waals surface area contributed by atoms with Crippen molar-refractivity contribution in [2.45, 2.75) is 111 Å². The molecule has 23 heteroatoms. The second-order valence-corrected chi connectivity index (χ2v) is 20.1. The molecule has 0 saturated carbocycles. The Bertz CT molecular complexity index is 2870. The number of nitrogens with zero attached hydrogens (tertiary/aromatic N) is 8. The normalized spacial score (nSPS) is 15.1. The Hall–Kier alpha value is -8.06. The molecule has 0 spiro atoms. The number of carboxylic acid groups (broad SMARTS) is 1. The SMILES string of the molecule is CC(=O)c1c(-c2ccc(C(=O)Nc3ccc(C)cn3)cc2)nc([C@@H]2CCCN2C(=O)OC(C)(C)C)n1N.Cc1ccc(NC(=O)c2ccc(-c3nc([C@@H]4CCCN4C(=O)OC(C)(C)C)n(N)c3C(=O)O)cc2)nc1.[Li+].[OH-]. The molecule has 8 N–H and O–H groups in total. The first-order valence-electron chi connectivity index (χ1n) is 24.1. The largest absolute Gasteiger partial charge is 1.00 e. The minimum Gasteiger partial charge on any atom is -0.870 e. The molecule has 6 aromatic rings. The third kappa shape index (κ3) is 13.8. The molecule has 4 amide bonds. The zero-order valence-corrected chi connectivity index (χ0v) is 44.4. The topological polar surface area (TPSA) is 315 Å². The van der Waals surface area contributed by atoms with Gasteiger partial charge in [-0.3, -0.25) is 24.2 Å². The summed E-state index contributed by atoms with van der Waals surface area (Å²) in [7, 11) is 0. The van der Waals surface area contributed by atoms with Gasteiger partial charge in [0.1, 0.15) is 39.9 Å². The van der Waals surface area contributed by atoms with Crippen LogP contribution in [0.3, 0.4) is 0 Å². The molecule has 0 bridgehead atoms. The number of pyridine rings is 2. The molecule has 22 nitrogen and oxygen atoms in total. The smallest absolute Gasteiger partial charge is 0.870 e. The third-order valence-electron chi connectivity index (χ3n) is 11.9. The maximum absolute atomic E-state index is 12.8. The van der Waals surface area contributed by atoms with Crippen molar-refractivity contribution in [2.24, 2.45) is 0 Å². The van der Waals surface area contributed by atoms with Gasteiger partial charge in [0.25, 0.3) is 11.8 Å². The van der Waals surface area contributed by atoms with E-state index in [1.54, 1.807) is 98.7 Å². The van der Waals surface area contributed by atoms with Crippen LogP contribution in [0.25, 0.3) is 22.5 Å². The van der Waals surface area contributed by atoms with E-state index in [4.69, 9.17) is 26.1 Å². The number of aryl methyl sites for hydroxylation is 2. The molecule has 76 heavy (non-hydrogen) atoms. The van der Waals surface area contributed by atoms with E-state index in [-0.39, 0.29) is 64.8 Å². The van der Waals surface area contributed by atoms with E-state index in [2.05, 4.69) is 25.6 Å². The van der Waals surface area contributed by atoms with Gasteiger partial charge in [-0.05, 0) is 129 Å². The van der Waals surface area contributed by atoms with Gasteiger partial charge in [0.05, 0.1) is 12.1 Å². The van der Waals surface area contributed by atoms with Gasteiger partial charge in [0, 0.05) is 54.7 Å². The molecule has 6 heterocycles. The fourth-order valence-corrected chi connectivity index (χ4v) is 8.48. The molecule has 2 aromatic carbocycles. The van der Waals surface area contributed by atoms with Crippen molar-refractivity contribution >= 4 is 47.4 Å². The number of nitrogens with two attached hydrogens (primary N) is 2. The minimum atomic E-state index is -1.26. The number of hydrogen-bond acceptors (Lipinski definition) is 15. The number of imidazole rings is 2. The van der Waals surface area contributed by atoms with Crippen LogP contribution >= 0.6 is 0 Å². The molecular formula is C53H63LiN12O10. The number of ether oxygens (including phenoxy) is 2. The number of aromatic carboxylic acids is 1. The number of hydrogen-bond donors (Lipinski definition) is 5. The molecule has 2 aliphatic rings. The average Bonchev–Trinajstić information content (AvgIpc) is 4.15. The Labute approximate surface area is 452 Å². The molecule has 2 atom stereocenters. The monoisotopic (exact) mass is 1030 g/mol. The zero-order valence-electron chi connectivity index (χ0n) is 44.4. The van der Waals surface area contributed by atoms with Crippen LogP contribution in [0.5, 0.6) is 0 Å². The van der Waals surface area contributed by atoms with E-state index in [0.717, 1.165) is 22.2 Å². The number of nitrogen functional groups attached to an aromatic ring is 2. The van der Waals surface area contributed by atoms with Crippen molar-refractivity contribution in [3.05, 3.63) is 130 Å². The summed E-state index contributed by atoms with van der Waals surface area (Å²) in [6.45, 7) is 17.0. The number of carbonyl (C=O) groups excluding carboxylic acids is 5. The van der Waals surface area contributed by atoms with Crippen molar-refractivity contribution in [2.75, 3.05) is 35.4 Å². The van der Waals surface area contributed by atoms with E-state index in [0.29, 0.717) is 77.8 Å². The summed E-state index contributed by atoms with van der Waals surface area (Å²) in [6, 6.07) is 19.3. The summed E-state index contributed by atoms with van der Waals surface area (Å²) in [5, 5.41) is 15.4. The Morgan fingerprint density at radius 2 is 0.974 bits per heavy atom. The van der Waals surface area contributed by atoms with Gasteiger partial charge >= 0.3 is 37.0 Å². The number of anilines is 2. The molecule has 4 aromatic heterocycles. The van der Waals surface area contributed by atoms with Crippen LogP contribution in [-0.2, 0) is 9.47 Å². The summed E-state index contributed by atoms with van der Waals surface area (Å²) in [5.41, 5.74) is 3.09. The molecule has 2 saturated heterocycles. The second-order valence-electron chi connectivity index (χ2n) is 20.1. The number of likely N-dealkylation sites (tertiary alicyclic amines) is 2. The maximum atomic E-state index is 12.8. The number of ketones is 1. The molecule has 2 fully saturated rings. The van der Waals surface area contributed by atoms with Gasteiger partial charge in [0.2, 0.25) is 0 Å². The van der Waals surface area contributed by atoms with Crippen molar-refractivity contribution in [1.82, 2.24) is 39.1 Å². The number of rotatable bonds is 10. The van der Waals surface area contributed by atoms with Crippen molar-refractivity contribution in [3.63, 3.8) is 0 Å². The Morgan fingerprint density at radius 3 is 1.30 bits per heavy atom. The first-order valence-corrected chi connectivity index (χ1v) is 24.1. The summed E-state index contributed by atoms with van der Waals surface area (Å²) in [4.78, 5) is 96.3. The number of carbonyl (C=O) groups is 6. The molecule has 2 aliphatic heterocycles. The van der Waals surface area contributed by atoms with Gasteiger partial charge in [-0.1, -0.05) is 36.4 Å².